The third-order valence-electron chi connectivity index (χ3n) is 3.86. The summed E-state index contributed by atoms with van der Waals surface area (Å²) in [5.41, 5.74) is 2.98. The fraction of sp³-hybridized carbons (Fsp3) is 0.389. The molecule has 27 heavy (non-hydrogen) atoms. The van der Waals surface area contributed by atoms with Crippen LogP contribution in [0.2, 0.25) is 0 Å². The highest BCUT2D eigenvalue weighted by molar-refractivity contribution is 7.98. The van der Waals surface area contributed by atoms with Crippen LogP contribution in [-0.2, 0) is 20.7 Å². The minimum absolute atomic E-state index is 0.129. The summed E-state index contributed by atoms with van der Waals surface area (Å²) in [6.07, 6.45) is 1.53. The van der Waals surface area contributed by atoms with Crippen LogP contribution in [0.4, 0.5) is 5.00 Å². The molecule has 0 aliphatic rings. The highest BCUT2D eigenvalue weighted by atomic mass is 32.2. The van der Waals surface area contributed by atoms with E-state index in [4.69, 9.17) is 10.00 Å². The van der Waals surface area contributed by atoms with Crippen LogP contribution >= 0.6 is 23.1 Å². The zero-order chi connectivity index (χ0) is 20.0. The van der Waals surface area contributed by atoms with Gasteiger partial charge in [-0.05, 0) is 50.5 Å². The maximum Gasteiger partial charge on any atom is 0.306 e. The van der Waals surface area contributed by atoms with E-state index in [0.717, 1.165) is 17.0 Å². The molecule has 0 aliphatic heterocycles. The van der Waals surface area contributed by atoms with Crippen molar-refractivity contribution in [3.05, 3.63) is 34.0 Å². The van der Waals surface area contributed by atoms with Gasteiger partial charge in [0.05, 0.1) is 5.56 Å². The Bertz CT molecular complexity index is 866. The molecule has 9 heteroatoms. The van der Waals surface area contributed by atoms with Crippen molar-refractivity contribution in [2.24, 2.45) is 0 Å². The van der Waals surface area contributed by atoms with Gasteiger partial charge in [0.2, 0.25) is 0 Å². The van der Waals surface area contributed by atoms with Crippen LogP contribution in [0.5, 0.6) is 0 Å². The number of carbonyl (C=O) groups is 2. The minimum Gasteiger partial charge on any atom is -0.453 e. The molecule has 0 radical (unpaired) electrons. The van der Waals surface area contributed by atoms with E-state index in [1.807, 2.05) is 26.2 Å². The molecular weight excluding hydrogens is 384 g/mol. The number of carbonyl (C=O) groups excluding carboxylic acids is 2. The molecule has 1 atom stereocenters. The molecule has 7 nitrogen and oxygen atoms in total. The summed E-state index contributed by atoms with van der Waals surface area (Å²) in [6, 6.07) is 3.61. The van der Waals surface area contributed by atoms with Gasteiger partial charge in [-0.15, -0.1) is 11.3 Å². The number of nitriles is 1. The molecule has 0 spiro atoms. The predicted molar refractivity (Wildman–Crippen MR) is 105 cm³/mol. The number of esters is 1. The topological polar surface area (TPSA) is 105 Å². The van der Waals surface area contributed by atoms with E-state index < -0.39 is 18.0 Å². The maximum atomic E-state index is 12.2. The summed E-state index contributed by atoms with van der Waals surface area (Å²) in [4.78, 5) is 33.0. The van der Waals surface area contributed by atoms with Crippen molar-refractivity contribution in [3.8, 4) is 6.07 Å². The van der Waals surface area contributed by atoms with Gasteiger partial charge in [0, 0.05) is 17.8 Å². The highest BCUT2D eigenvalue weighted by Crippen LogP contribution is 2.22. The number of aryl methyl sites for hydroxylation is 2. The fourth-order valence-corrected chi connectivity index (χ4v) is 3.60. The number of nitrogens with zero attached hydrogens (tertiary/aromatic N) is 3. The Morgan fingerprint density at radius 2 is 2.04 bits per heavy atom. The van der Waals surface area contributed by atoms with Crippen molar-refractivity contribution in [1.82, 2.24) is 9.97 Å². The van der Waals surface area contributed by atoms with Crippen LogP contribution in [-0.4, -0.2) is 34.2 Å². The van der Waals surface area contributed by atoms with Gasteiger partial charge >= 0.3 is 5.97 Å². The SMILES string of the molecule is CSc1nc(C)c(CCC(=O)O[C@@H](C)C(=O)Nc2sccc2C#N)c(C)n1. The second kappa shape index (κ2) is 9.48. The molecule has 0 saturated heterocycles. The summed E-state index contributed by atoms with van der Waals surface area (Å²) in [5, 5.41) is 14.4. The lowest BCUT2D eigenvalue weighted by Crippen LogP contribution is -2.30. The van der Waals surface area contributed by atoms with Crippen LogP contribution in [0.1, 0.15) is 35.9 Å². The Hall–Kier alpha value is -2.44. The summed E-state index contributed by atoms with van der Waals surface area (Å²) in [5.74, 6) is -0.945. The van der Waals surface area contributed by atoms with E-state index >= 15 is 0 Å². The lowest BCUT2D eigenvalue weighted by atomic mass is 10.1. The van der Waals surface area contributed by atoms with Crippen molar-refractivity contribution in [1.29, 1.82) is 5.26 Å². The molecule has 2 aromatic heterocycles. The van der Waals surface area contributed by atoms with Crippen molar-refractivity contribution in [2.75, 3.05) is 11.6 Å². The van der Waals surface area contributed by atoms with Crippen molar-refractivity contribution in [3.63, 3.8) is 0 Å². The number of thiophene rings is 1. The first-order valence-electron chi connectivity index (χ1n) is 8.21. The monoisotopic (exact) mass is 404 g/mol. The summed E-state index contributed by atoms with van der Waals surface area (Å²) >= 11 is 2.71. The number of aromatic nitrogens is 2. The molecule has 1 N–H and O–H groups in total. The molecule has 0 aliphatic carbocycles. The quantitative estimate of drug-likeness (QED) is 0.429. The van der Waals surface area contributed by atoms with E-state index in [-0.39, 0.29) is 6.42 Å². The maximum absolute atomic E-state index is 12.2. The number of amides is 1. The third-order valence-corrected chi connectivity index (χ3v) is 5.24. The molecule has 0 fully saturated rings. The zero-order valence-corrected chi connectivity index (χ0v) is 17.2. The van der Waals surface area contributed by atoms with Gasteiger partial charge in [0.15, 0.2) is 11.3 Å². The molecule has 0 saturated carbocycles. The Morgan fingerprint density at radius 3 is 2.63 bits per heavy atom. The Labute approximate surface area is 166 Å². The smallest absolute Gasteiger partial charge is 0.306 e. The number of ether oxygens (including phenoxy) is 1. The van der Waals surface area contributed by atoms with Crippen LogP contribution in [0.15, 0.2) is 16.6 Å². The highest BCUT2D eigenvalue weighted by Gasteiger charge is 2.20. The normalized spacial score (nSPS) is 11.5. The second-order valence-electron chi connectivity index (χ2n) is 5.76. The Balaban J connectivity index is 1.90. The van der Waals surface area contributed by atoms with Crippen LogP contribution in [0.3, 0.4) is 0 Å². The Morgan fingerprint density at radius 1 is 1.37 bits per heavy atom. The van der Waals surface area contributed by atoms with Crippen molar-refractivity contribution >= 4 is 40.0 Å². The third kappa shape index (κ3) is 5.52. The molecule has 0 bridgehead atoms. The molecular formula is C18H20N4O3S2. The van der Waals surface area contributed by atoms with Gasteiger partial charge in [-0.1, -0.05) is 11.8 Å². The van der Waals surface area contributed by atoms with E-state index in [2.05, 4.69) is 15.3 Å². The van der Waals surface area contributed by atoms with Gasteiger partial charge in [-0.25, -0.2) is 9.97 Å². The summed E-state index contributed by atoms with van der Waals surface area (Å²) < 4.78 is 5.21. The summed E-state index contributed by atoms with van der Waals surface area (Å²) in [6.45, 7) is 5.28. The van der Waals surface area contributed by atoms with Gasteiger partial charge in [0.1, 0.15) is 11.1 Å². The first-order chi connectivity index (χ1) is 12.8. The van der Waals surface area contributed by atoms with Gasteiger partial charge in [-0.2, -0.15) is 5.26 Å². The average molecular weight is 405 g/mol. The largest absolute Gasteiger partial charge is 0.453 e. The molecule has 2 rings (SSSR count). The number of hydrogen-bond donors (Lipinski definition) is 1. The number of hydrogen-bond acceptors (Lipinski definition) is 8. The number of anilines is 1. The van der Waals surface area contributed by atoms with E-state index in [9.17, 15) is 9.59 Å². The molecule has 2 aromatic rings. The molecule has 0 aromatic carbocycles. The predicted octanol–water partition coefficient (Wildman–Crippen LogP) is 3.25. The molecule has 0 unspecified atom stereocenters. The van der Waals surface area contributed by atoms with Gasteiger partial charge < -0.3 is 10.1 Å². The number of nitrogens with one attached hydrogen (secondary N) is 1. The lowest BCUT2D eigenvalue weighted by molar-refractivity contribution is -0.153. The lowest BCUT2D eigenvalue weighted by Gasteiger charge is -2.14. The average Bonchev–Trinajstić information content (AvgIpc) is 3.07. The van der Waals surface area contributed by atoms with Gasteiger partial charge in [-0.3, -0.25) is 9.59 Å². The van der Waals surface area contributed by atoms with Crippen LogP contribution in [0, 0.1) is 25.2 Å². The van der Waals surface area contributed by atoms with E-state index in [1.54, 1.807) is 11.4 Å². The minimum atomic E-state index is -0.955. The number of thioether (sulfide) groups is 1. The first-order valence-corrected chi connectivity index (χ1v) is 10.3. The molecule has 142 valence electrons. The molecule has 2 heterocycles. The number of rotatable bonds is 7. The van der Waals surface area contributed by atoms with Crippen molar-refractivity contribution in [2.45, 2.75) is 44.9 Å². The molecule has 1 amide bonds. The van der Waals surface area contributed by atoms with Gasteiger partial charge in [0.25, 0.3) is 5.91 Å². The van der Waals surface area contributed by atoms with Crippen molar-refractivity contribution < 1.29 is 14.3 Å². The van der Waals surface area contributed by atoms with E-state index in [1.165, 1.54) is 30.0 Å². The summed E-state index contributed by atoms with van der Waals surface area (Å²) in [7, 11) is 0. The zero-order valence-electron chi connectivity index (χ0n) is 15.5. The Kier molecular flexibility index (Phi) is 7.33. The van der Waals surface area contributed by atoms with Crippen LogP contribution in [0.25, 0.3) is 0 Å². The fourth-order valence-electron chi connectivity index (χ4n) is 2.41. The van der Waals surface area contributed by atoms with E-state index in [0.29, 0.717) is 22.1 Å². The van der Waals surface area contributed by atoms with Crippen LogP contribution < -0.4 is 5.32 Å². The first kappa shape index (κ1) is 20.9. The standard InChI is InChI=1S/C18H20N4O3S2/c1-10-14(11(2)21-18(20-10)26-4)5-6-15(23)25-12(3)16(24)22-17-13(9-19)7-8-27-17/h7-8,12H,5-6H2,1-4H3,(H,22,24)/t12-/m0/s1. The second-order valence-corrected chi connectivity index (χ2v) is 7.45.